The van der Waals surface area contributed by atoms with Gasteiger partial charge in [-0.15, -0.1) is 0 Å². The van der Waals surface area contributed by atoms with E-state index in [0.717, 1.165) is 0 Å². The quantitative estimate of drug-likeness (QED) is 0.0774. The summed E-state index contributed by atoms with van der Waals surface area (Å²) >= 11 is 5.87. The number of nitro benzene ring substituents is 1. The van der Waals surface area contributed by atoms with Crippen molar-refractivity contribution < 1.29 is 28.8 Å². The SMILES string of the molecule is CCOc1cc(/C=N\NC(=O)c2ccccc2NC(=O)c2ccc([N+](=O)[O-])cc2)ccc1OC(=O)c1ccc(Cl)cc1. The van der Waals surface area contributed by atoms with Gasteiger partial charge < -0.3 is 14.8 Å². The summed E-state index contributed by atoms with van der Waals surface area (Å²) in [6.45, 7) is 2.09. The molecular weight excluding hydrogens is 564 g/mol. The van der Waals surface area contributed by atoms with Gasteiger partial charge in [0, 0.05) is 22.7 Å². The van der Waals surface area contributed by atoms with Crippen LogP contribution in [0.3, 0.4) is 0 Å². The lowest BCUT2D eigenvalue weighted by Gasteiger charge is -2.11. The molecule has 0 saturated carbocycles. The van der Waals surface area contributed by atoms with Crippen molar-refractivity contribution in [3.8, 4) is 11.5 Å². The van der Waals surface area contributed by atoms with Crippen LogP contribution in [-0.2, 0) is 0 Å². The number of nitrogens with zero attached hydrogens (tertiary/aromatic N) is 2. The van der Waals surface area contributed by atoms with Gasteiger partial charge in [0.1, 0.15) is 0 Å². The predicted octanol–water partition coefficient (Wildman–Crippen LogP) is 5.88. The summed E-state index contributed by atoms with van der Waals surface area (Å²) in [6, 6.07) is 22.4. The summed E-state index contributed by atoms with van der Waals surface area (Å²) < 4.78 is 11.1. The first-order valence-electron chi connectivity index (χ1n) is 12.5. The Morgan fingerprint density at radius 1 is 0.905 bits per heavy atom. The monoisotopic (exact) mass is 586 g/mol. The van der Waals surface area contributed by atoms with Crippen LogP contribution in [0.4, 0.5) is 11.4 Å². The first kappa shape index (κ1) is 29.4. The Morgan fingerprint density at radius 3 is 2.29 bits per heavy atom. The number of hydrogen-bond acceptors (Lipinski definition) is 8. The summed E-state index contributed by atoms with van der Waals surface area (Å²) in [4.78, 5) is 48.3. The van der Waals surface area contributed by atoms with Crippen LogP contribution in [0, 0.1) is 10.1 Å². The smallest absolute Gasteiger partial charge is 0.343 e. The number of anilines is 1. The Labute approximate surface area is 244 Å². The number of carbonyl (C=O) groups is 3. The number of esters is 1. The van der Waals surface area contributed by atoms with E-state index in [2.05, 4.69) is 15.8 Å². The minimum absolute atomic E-state index is 0.143. The van der Waals surface area contributed by atoms with E-state index in [1.165, 1.54) is 36.5 Å². The fourth-order valence-electron chi connectivity index (χ4n) is 3.65. The predicted molar refractivity (Wildman–Crippen MR) is 157 cm³/mol. The lowest BCUT2D eigenvalue weighted by molar-refractivity contribution is -0.384. The molecule has 0 heterocycles. The summed E-state index contributed by atoms with van der Waals surface area (Å²) in [6.07, 6.45) is 1.38. The average molecular weight is 587 g/mol. The fraction of sp³-hybridized carbons (Fsp3) is 0.0667. The molecule has 0 saturated heterocycles. The number of non-ortho nitro benzene ring substituents is 1. The van der Waals surface area contributed by atoms with Crippen molar-refractivity contribution in [2.24, 2.45) is 5.10 Å². The standard InChI is InChI=1S/C30H23ClN4O7/c1-2-41-27-17-19(7-16-26(27)42-30(38)21-8-12-22(31)13-9-21)18-32-34-29(37)24-5-3-4-6-25(24)33-28(36)20-10-14-23(15-11-20)35(39)40/h3-18H,2H2,1H3,(H,33,36)(H,34,37)/b32-18-. The van der Waals surface area contributed by atoms with Gasteiger partial charge in [-0.3, -0.25) is 19.7 Å². The molecule has 2 N–H and O–H groups in total. The van der Waals surface area contributed by atoms with Gasteiger partial charge in [-0.05, 0) is 79.2 Å². The highest BCUT2D eigenvalue weighted by Gasteiger charge is 2.16. The molecule has 0 aliphatic heterocycles. The van der Waals surface area contributed by atoms with Crippen LogP contribution in [0.15, 0.2) is 96.1 Å². The molecule has 0 fully saturated rings. The maximum Gasteiger partial charge on any atom is 0.343 e. The molecule has 42 heavy (non-hydrogen) atoms. The maximum absolute atomic E-state index is 12.9. The lowest BCUT2D eigenvalue weighted by atomic mass is 10.1. The molecule has 212 valence electrons. The van der Waals surface area contributed by atoms with Gasteiger partial charge in [-0.1, -0.05) is 23.7 Å². The highest BCUT2D eigenvalue weighted by Crippen LogP contribution is 2.29. The summed E-state index contributed by atoms with van der Waals surface area (Å²) in [5.41, 5.74) is 3.68. The number of nitro groups is 1. The zero-order chi connectivity index (χ0) is 30.1. The van der Waals surface area contributed by atoms with E-state index in [4.69, 9.17) is 21.1 Å². The molecule has 11 nitrogen and oxygen atoms in total. The van der Waals surface area contributed by atoms with Gasteiger partial charge in [0.2, 0.25) is 0 Å². The first-order chi connectivity index (χ1) is 20.2. The van der Waals surface area contributed by atoms with Crippen molar-refractivity contribution in [1.29, 1.82) is 0 Å². The molecule has 4 aromatic carbocycles. The number of hydrogen-bond donors (Lipinski definition) is 2. The van der Waals surface area contributed by atoms with E-state index in [-0.39, 0.29) is 28.3 Å². The number of ether oxygens (including phenoxy) is 2. The minimum atomic E-state index is -0.593. The van der Waals surface area contributed by atoms with Gasteiger partial charge in [-0.25, -0.2) is 10.2 Å². The molecule has 0 aliphatic carbocycles. The Kier molecular flexibility index (Phi) is 9.59. The zero-order valence-corrected chi connectivity index (χ0v) is 22.8. The van der Waals surface area contributed by atoms with Gasteiger partial charge >= 0.3 is 5.97 Å². The topological polar surface area (TPSA) is 149 Å². The maximum atomic E-state index is 12.9. The number of benzene rings is 4. The molecule has 0 unspecified atom stereocenters. The second-order valence-corrected chi connectivity index (χ2v) is 8.97. The van der Waals surface area contributed by atoms with Crippen LogP contribution in [0.2, 0.25) is 5.02 Å². The van der Waals surface area contributed by atoms with Crippen LogP contribution in [0.25, 0.3) is 0 Å². The Bertz CT molecular complexity index is 1660. The molecule has 2 amide bonds. The molecule has 4 aromatic rings. The third-order valence-corrected chi connectivity index (χ3v) is 5.94. The van der Waals surface area contributed by atoms with Gasteiger partial charge in [0.05, 0.1) is 34.6 Å². The Hall–Kier alpha value is -5.55. The molecule has 0 atom stereocenters. The summed E-state index contributed by atoms with van der Waals surface area (Å²) in [7, 11) is 0. The minimum Gasteiger partial charge on any atom is -0.490 e. The molecular formula is C30H23ClN4O7. The van der Waals surface area contributed by atoms with E-state index < -0.39 is 22.7 Å². The van der Waals surface area contributed by atoms with Gasteiger partial charge in [0.25, 0.3) is 17.5 Å². The van der Waals surface area contributed by atoms with E-state index in [0.29, 0.717) is 28.5 Å². The number of rotatable bonds is 10. The fourth-order valence-corrected chi connectivity index (χ4v) is 3.77. The molecule has 0 bridgehead atoms. The molecule has 12 heteroatoms. The van der Waals surface area contributed by atoms with Crippen molar-refractivity contribution in [3.05, 3.63) is 128 Å². The van der Waals surface area contributed by atoms with E-state index in [1.54, 1.807) is 67.6 Å². The number of carbonyl (C=O) groups excluding carboxylic acids is 3. The first-order valence-corrected chi connectivity index (χ1v) is 12.9. The van der Waals surface area contributed by atoms with Crippen molar-refractivity contribution >= 4 is 47.0 Å². The van der Waals surface area contributed by atoms with Crippen LogP contribution >= 0.6 is 11.6 Å². The normalized spacial score (nSPS) is 10.6. The third kappa shape index (κ3) is 7.55. The van der Waals surface area contributed by atoms with Crippen molar-refractivity contribution in [1.82, 2.24) is 5.43 Å². The zero-order valence-electron chi connectivity index (χ0n) is 22.1. The lowest BCUT2D eigenvalue weighted by Crippen LogP contribution is -2.21. The highest BCUT2D eigenvalue weighted by atomic mass is 35.5. The van der Waals surface area contributed by atoms with Gasteiger partial charge in [0.15, 0.2) is 11.5 Å². The second-order valence-electron chi connectivity index (χ2n) is 8.54. The Morgan fingerprint density at radius 2 is 1.60 bits per heavy atom. The largest absolute Gasteiger partial charge is 0.490 e. The van der Waals surface area contributed by atoms with E-state index >= 15 is 0 Å². The molecule has 0 radical (unpaired) electrons. The summed E-state index contributed by atoms with van der Waals surface area (Å²) in [5.74, 6) is -1.22. The van der Waals surface area contributed by atoms with Crippen LogP contribution in [-0.4, -0.2) is 35.5 Å². The summed E-state index contributed by atoms with van der Waals surface area (Å²) in [5, 5.41) is 18.0. The number of para-hydroxylation sites is 1. The van der Waals surface area contributed by atoms with Crippen molar-refractivity contribution in [2.75, 3.05) is 11.9 Å². The van der Waals surface area contributed by atoms with Gasteiger partial charge in [-0.2, -0.15) is 5.10 Å². The number of amides is 2. The Balaban J connectivity index is 1.43. The molecule has 4 rings (SSSR count). The van der Waals surface area contributed by atoms with Crippen LogP contribution in [0.5, 0.6) is 11.5 Å². The number of nitrogens with one attached hydrogen (secondary N) is 2. The third-order valence-electron chi connectivity index (χ3n) is 5.69. The van der Waals surface area contributed by atoms with Crippen LogP contribution < -0.4 is 20.2 Å². The molecule has 0 spiro atoms. The number of hydrazone groups is 1. The van der Waals surface area contributed by atoms with Crippen LogP contribution in [0.1, 0.15) is 43.6 Å². The highest BCUT2D eigenvalue weighted by molar-refractivity contribution is 6.30. The average Bonchev–Trinajstić information content (AvgIpc) is 2.99. The molecule has 0 aromatic heterocycles. The van der Waals surface area contributed by atoms with Crippen molar-refractivity contribution in [2.45, 2.75) is 6.92 Å². The second kappa shape index (κ2) is 13.7. The molecule has 0 aliphatic rings. The van der Waals surface area contributed by atoms with E-state index in [1.807, 2.05) is 0 Å². The van der Waals surface area contributed by atoms with Crippen molar-refractivity contribution in [3.63, 3.8) is 0 Å². The van der Waals surface area contributed by atoms with E-state index in [9.17, 15) is 24.5 Å². The number of halogens is 1.